The Morgan fingerprint density at radius 1 is 1.19 bits per heavy atom. The van der Waals surface area contributed by atoms with Crippen molar-refractivity contribution in [3.63, 3.8) is 0 Å². The maximum absolute atomic E-state index is 12.2. The fourth-order valence-corrected chi connectivity index (χ4v) is 2.25. The van der Waals surface area contributed by atoms with Gasteiger partial charge in [0.1, 0.15) is 0 Å². The van der Waals surface area contributed by atoms with Crippen molar-refractivity contribution in [2.45, 2.75) is 26.7 Å². The van der Waals surface area contributed by atoms with Gasteiger partial charge in [0.25, 0.3) is 5.91 Å². The van der Waals surface area contributed by atoms with Gasteiger partial charge in [-0.25, -0.2) is 0 Å². The molecule has 0 aliphatic carbocycles. The topological polar surface area (TPSA) is 75.1 Å². The van der Waals surface area contributed by atoms with Crippen LogP contribution in [0.1, 0.15) is 37.0 Å². The summed E-state index contributed by atoms with van der Waals surface area (Å²) in [6, 6.07) is 5.26. The number of carbonyl (C=O) groups is 1. The van der Waals surface area contributed by atoms with E-state index in [-0.39, 0.29) is 17.9 Å². The molecule has 0 aliphatic heterocycles. The molecular formula is C16H21N3O2. The predicted molar refractivity (Wildman–Crippen MR) is 82.0 cm³/mol. The Hall–Kier alpha value is -2.01. The molecule has 2 rings (SSSR count). The van der Waals surface area contributed by atoms with Crippen molar-refractivity contribution in [2.24, 2.45) is 5.41 Å². The van der Waals surface area contributed by atoms with E-state index in [4.69, 9.17) is 0 Å². The Balaban J connectivity index is 2.11. The van der Waals surface area contributed by atoms with Gasteiger partial charge in [-0.05, 0) is 31.0 Å². The summed E-state index contributed by atoms with van der Waals surface area (Å²) in [4.78, 5) is 20.6. The lowest BCUT2D eigenvalue weighted by atomic mass is 9.83. The van der Waals surface area contributed by atoms with Crippen LogP contribution in [0.3, 0.4) is 0 Å². The number of nitrogens with zero attached hydrogens (tertiary/aromatic N) is 2. The van der Waals surface area contributed by atoms with Crippen molar-refractivity contribution in [3.8, 4) is 0 Å². The van der Waals surface area contributed by atoms with Gasteiger partial charge >= 0.3 is 0 Å². The molecule has 1 aromatic carbocycles. The van der Waals surface area contributed by atoms with Crippen LogP contribution >= 0.6 is 0 Å². The molecule has 5 nitrogen and oxygen atoms in total. The summed E-state index contributed by atoms with van der Waals surface area (Å²) in [5.74, 6) is -0.151. The third-order valence-electron chi connectivity index (χ3n) is 4.19. The molecule has 112 valence electrons. The smallest absolute Gasteiger partial charge is 0.251 e. The summed E-state index contributed by atoms with van der Waals surface area (Å²) in [7, 11) is 0. The molecule has 0 aliphatic rings. The number of nitrogens with one attached hydrogen (secondary N) is 1. The molecule has 1 heterocycles. The fraction of sp³-hybridized carbons (Fsp3) is 0.438. The first-order valence-corrected chi connectivity index (χ1v) is 7.24. The Kier molecular flexibility index (Phi) is 4.85. The monoisotopic (exact) mass is 287 g/mol. The molecule has 0 saturated heterocycles. The second-order valence-electron chi connectivity index (χ2n) is 5.31. The predicted octanol–water partition coefficient (Wildman–Crippen LogP) is 2.16. The molecule has 2 aromatic rings. The van der Waals surface area contributed by atoms with E-state index in [1.807, 2.05) is 13.8 Å². The van der Waals surface area contributed by atoms with Gasteiger partial charge in [-0.1, -0.05) is 13.8 Å². The highest BCUT2D eigenvalue weighted by molar-refractivity contribution is 5.97. The van der Waals surface area contributed by atoms with Gasteiger partial charge in [-0.3, -0.25) is 14.8 Å². The van der Waals surface area contributed by atoms with Crippen molar-refractivity contribution < 1.29 is 9.90 Å². The molecule has 0 atom stereocenters. The van der Waals surface area contributed by atoms with E-state index in [1.54, 1.807) is 30.6 Å². The summed E-state index contributed by atoms with van der Waals surface area (Å²) < 4.78 is 0. The normalized spacial score (nSPS) is 11.6. The largest absolute Gasteiger partial charge is 0.396 e. The molecule has 1 aromatic heterocycles. The number of fused-ring (bicyclic) bond motifs is 1. The average Bonchev–Trinajstić information content (AvgIpc) is 2.56. The van der Waals surface area contributed by atoms with Crippen LogP contribution in [0.25, 0.3) is 11.0 Å². The van der Waals surface area contributed by atoms with Crippen molar-refractivity contribution in [1.82, 2.24) is 15.3 Å². The number of aliphatic hydroxyl groups is 1. The van der Waals surface area contributed by atoms with Crippen LogP contribution in [0, 0.1) is 5.41 Å². The molecule has 0 bridgehead atoms. The van der Waals surface area contributed by atoms with E-state index in [2.05, 4.69) is 15.3 Å². The van der Waals surface area contributed by atoms with Crippen LogP contribution in [0.2, 0.25) is 0 Å². The summed E-state index contributed by atoms with van der Waals surface area (Å²) in [5, 5.41) is 12.4. The molecular weight excluding hydrogens is 266 g/mol. The van der Waals surface area contributed by atoms with Crippen LogP contribution in [-0.2, 0) is 0 Å². The number of rotatable bonds is 6. The van der Waals surface area contributed by atoms with E-state index < -0.39 is 0 Å². The fourth-order valence-electron chi connectivity index (χ4n) is 2.25. The van der Waals surface area contributed by atoms with Gasteiger partial charge in [0.15, 0.2) is 0 Å². The first-order valence-electron chi connectivity index (χ1n) is 7.24. The van der Waals surface area contributed by atoms with Crippen molar-refractivity contribution >= 4 is 16.9 Å². The summed E-state index contributed by atoms with van der Waals surface area (Å²) in [6.07, 6.45) is 4.88. The second-order valence-corrected chi connectivity index (χ2v) is 5.31. The summed E-state index contributed by atoms with van der Waals surface area (Å²) in [5.41, 5.74) is 1.78. The molecule has 0 saturated carbocycles. The van der Waals surface area contributed by atoms with Crippen molar-refractivity contribution in [3.05, 3.63) is 36.2 Å². The molecule has 0 unspecified atom stereocenters. The number of hydrogen-bond acceptors (Lipinski definition) is 4. The standard InChI is InChI=1S/C16H21N3O2/c1-3-16(4-2,11-20)10-19-15(21)12-5-6-13-14(9-12)18-8-7-17-13/h5-9,20H,3-4,10-11H2,1-2H3,(H,19,21). The lowest BCUT2D eigenvalue weighted by Crippen LogP contribution is -2.39. The minimum atomic E-state index is -0.244. The minimum Gasteiger partial charge on any atom is -0.396 e. The zero-order chi connectivity index (χ0) is 15.3. The van der Waals surface area contributed by atoms with E-state index in [1.165, 1.54) is 0 Å². The zero-order valence-electron chi connectivity index (χ0n) is 12.5. The third-order valence-corrected chi connectivity index (χ3v) is 4.19. The Morgan fingerprint density at radius 2 is 1.86 bits per heavy atom. The molecule has 21 heavy (non-hydrogen) atoms. The van der Waals surface area contributed by atoms with E-state index in [9.17, 15) is 9.90 Å². The van der Waals surface area contributed by atoms with Crippen molar-refractivity contribution in [1.29, 1.82) is 0 Å². The van der Waals surface area contributed by atoms with Crippen LogP contribution in [0.15, 0.2) is 30.6 Å². The van der Waals surface area contributed by atoms with E-state index in [0.717, 1.165) is 18.4 Å². The van der Waals surface area contributed by atoms with Gasteiger partial charge < -0.3 is 10.4 Å². The SMILES string of the molecule is CCC(CC)(CO)CNC(=O)c1ccc2nccnc2c1. The number of benzene rings is 1. The van der Waals surface area contributed by atoms with Gasteiger partial charge in [-0.15, -0.1) is 0 Å². The lowest BCUT2D eigenvalue weighted by Gasteiger charge is -2.29. The summed E-state index contributed by atoms with van der Waals surface area (Å²) in [6.45, 7) is 4.59. The molecule has 2 N–H and O–H groups in total. The van der Waals surface area contributed by atoms with E-state index in [0.29, 0.717) is 17.6 Å². The number of aromatic nitrogens is 2. The molecule has 0 radical (unpaired) electrons. The Morgan fingerprint density at radius 3 is 2.48 bits per heavy atom. The second kappa shape index (κ2) is 6.63. The maximum atomic E-state index is 12.2. The third kappa shape index (κ3) is 3.36. The Labute approximate surface area is 124 Å². The number of aliphatic hydroxyl groups excluding tert-OH is 1. The van der Waals surface area contributed by atoms with E-state index >= 15 is 0 Å². The Bertz CT molecular complexity index is 615. The quantitative estimate of drug-likeness (QED) is 0.853. The number of carbonyl (C=O) groups excluding carboxylic acids is 1. The zero-order valence-corrected chi connectivity index (χ0v) is 12.5. The van der Waals surface area contributed by atoms with Crippen LogP contribution in [-0.4, -0.2) is 34.1 Å². The first kappa shape index (κ1) is 15.4. The van der Waals surface area contributed by atoms with Gasteiger partial charge in [0.05, 0.1) is 17.6 Å². The molecule has 1 amide bonds. The summed E-state index contributed by atoms with van der Waals surface area (Å²) >= 11 is 0. The number of hydrogen-bond donors (Lipinski definition) is 2. The minimum absolute atomic E-state index is 0.0729. The molecule has 0 fully saturated rings. The maximum Gasteiger partial charge on any atom is 0.251 e. The van der Waals surface area contributed by atoms with Crippen LogP contribution in [0.5, 0.6) is 0 Å². The highest BCUT2D eigenvalue weighted by Crippen LogP contribution is 2.24. The molecule has 0 spiro atoms. The molecule has 5 heteroatoms. The highest BCUT2D eigenvalue weighted by atomic mass is 16.3. The van der Waals surface area contributed by atoms with Gasteiger partial charge in [-0.2, -0.15) is 0 Å². The first-order chi connectivity index (χ1) is 10.1. The van der Waals surface area contributed by atoms with Crippen LogP contribution in [0.4, 0.5) is 0 Å². The van der Waals surface area contributed by atoms with Crippen molar-refractivity contribution in [2.75, 3.05) is 13.2 Å². The average molecular weight is 287 g/mol. The van der Waals surface area contributed by atoms with Gasteiger partial charge in [0.2, 0.25) is 0 Å². The lowest BCUT2D eigenvalue weighted by molar-refractivity contribution is 0.0851. The van der Waals surface area contributed by atoms with Crippen LogP contribution < -0.4 is 5.32 Å². The number of amides is 1. The van der Waals surface area contributed by atoms with Gasteiger partial charge in [0, 0.05) is 29.9 Å². The highest BCUT2D eigenvalue weighted by Gasteiger charge is 2.25.